The molecule has 0 radical (unpaired) electrons. The fraction of sp³-hybridized carbons (Fsp3) is 1.00. The minimum absolute atomic E-state index is 0.487. The van der Waals surface area contributed by atoms with Crippen LogP contribution < -0.4 is 0 Å². The third-order valence-corrected chi connectivity index (χ3v) is 3.06. The van der Waals surface area contributed by atoms with Crippen molar-refractivity contribution in [3.63, 3.8) is 0 Å². The highest BCUT2D eigenvalue weighted by Gasteiger charge is 2.19. The Kier molecular flexibility index (Phi) is 2.72. The lowest BCUT2D eigenvalue weighted by atomic mass is 9.45. The summed E-state index contributed by atoms with van der Waals surface area (Å²) in [5, 5.41) is 0.487. The van der Waals surface area contributed by atoms with Gasteiger partial charge in [-0.2, -0.15) is 22.4 Å². The molecule has 0 aromatic carbocycles. The lowest BCUT2D eigenvalue weighted by Crippen LogP contribution is -2.17. The van der Waals surface area contributed by atoms with Crippen molar-refractivity contribution in [3.8, 4) is 0 Å². The molecule has 0 atom stereocenters. The molecule has 0 nitrogen and oxygen atoms in total. The zero-order chi connectivity index (χ0) is 6.08. The van der Waals surface area contributed by atoms with E-state index in [0.717, 1.165) is 4.57 Å². The summed E-state index contributed by atoms with van der Waals surface area (Å²) in [5.74, 6) is 0. The van der Waals surface area contributed by atoms with Crippen LogP contribution in [-0.4, -0.2) is 12.4 Å². The molecule has 0 unspecified atom stereocenters. The average molecular weight is 208 g/mol. The Morgan fingerprint density at radius 3 is 1.71 bits per heavy atom. The summed E-state index contributed by atoms with van der Waals surface area (Å²) in [4.78, 5) is 0. The Labute approximate surface area is 60.8 Å². The number of halogens is 1. The van der Waals surface area contributed by atoms with Crippen molar-refractivity contribution in [1.29, 1.82) is 0 Å². The van der Waals surface area contributed by atoms with Gasteiger partial charge in [0.1, 0.15) is 7.85 Å². The SMILES string of the molecule is BC(C)(C)B(C)I. The number of hydrogen-bond acceptors (Lipinski definition) is 0. The maximum atomic E-state index is 2.45. The van der Waals surface area contributed by atoms with Crippen LogP contribution in [0.4, 0.5) is 0 Å². The molecule has 0 rings (SSSR count). The second-order valence-electron chi connectivity index (χ2n) is 2.98. The number of hydrogen-bond donors (Lipinski definition) is 0. The van der Waals surface area contributed by atoms with Crippen LogP contribution in [0.5, 0.6) is 0 Å². The van der Waals surface area contributed by atoms with Crippen LogP contribution in [0.15, 0.2) is 0 Å². The van der Waals surface area contributed by atoms with Crippen molar-refractivity contribution in [2.75, 3.05) is 0 Å². The Morgan fingerprint density at radius 1 is 1.57 bits per heavy atom. The van der Waals surface area contributed by atoms with Crippen molar-refractivity contribution in [3.05, 3.63) is 0 Å². The molecule has 0 aliphatic heterocycles. The van der Waals surface area contributed by atoms with E-state index >= 15 is 0 Å². The predicted octanol–water partition coefficient (Wildman–Crippen LogP) is 1.41. The van der Waals surface area contributed by atoms with Crippen LogP contribution in [0.2, 0.25) is 12.0 Å². The molecule has 0 aliphatic carbocycles. The highest BCUT2D eigenvalue weighted by Crippen LogP contribution is 2.26. The summed E-state index contributed by atoms with van der Waals surface area (Å²) in [6.07, 6.45) is 0. The molecule has 0 spiro atoms. The molecule has 0 heterocycles. The maximum Gasteiger partial charge on any atom is 0.212 e. The average Bonchev–Trinajstić information content (AvgIpc) is 1.31. The van der Waals surface area contributed by atoms with E-state index in [9.17, 15) is 0 Å². The van der Waals surface area contributed by atoms with Gasteiger partial charge in [-0.25, -0.2) is 0 Å². The summed E-state index contributed by atoms with van der Waals surface area (Å²) in [7, 11) is 2.25. The largest absolute Gasteiger partial charge is 0.212 e. The van der Waals surface area contributed by atoms with Gasteiger partial charge in [-0.1, -0.05) is 25.9 Å². The minimum atomic E-state index is 0.487. The van der Waals surface area contributed by atoms with Crippen molar-refractivity contribution in [2.24, 2.45) is 0 Å². The molecule has 3 heteroatoms. The molecular weight excluding hydrogens is 197 g/mol. The van der Waals surface area contributed by atoms with Crippen molar-refractivity contribution in [2.45, 2.75) is 25.9 Å². The van der Waals surface area contributed by atoms with Crippen LogP contribution >= 0.6 is 22.4 Å². The van der Waals surface area contributed by atoms with Gasteiger partial charge in [0.2, 0.25) is 4.57 Å². The van der Waals surface area contributed by atoms with E-state index in [2.05, 4.69) is 50.9 Å². The Morgan fingerprint density at radius 2 is 1.71 bits per heavy atom. The third-order valence-electron chi connectivity index (χ3n) is 1.19. The first kappa shape index (κ1) is 7.86. The fourth-order valence-corrected chi connectivity index (χ4v) is 0. The van der Waals surface area contributed by atoms with Gasteiger partial charge in [0, 0.05) is 0 Å². The van der Waals surface area contributed by atoms with Crippen LogP contribution in [0.25, 0.3) is 0 Å². The van der Waals surface area contributed by atoms with Crippen LogP contribution in [-0.2, 0) is 0 Å². The molecule has 0 aromatic heterocycles. The molecule has 0 saturated heterocycles. The first-order valence-corrected chi connectivity index (χ1v) is 3.83. The summed E-state index contributed by atoms with van der Waals surface area (Å²) in [5.41, 5.74) is 0. The van der Waals surface area contributed by atoms with E-state index in [1.165, 1.54) is 0 Å². The monoisotopic (exact) mass is 208 g/mol. The molecule has 0 bridgehead atoms. The minimum Gasteiger partial charge on any atom is -0.150 e. The first-order chi connectivity index (χ1) is 2.94. The van der Waals surface area contributed by atoms with Crippen LogP contribution in [0.3, 0.4) is 0 Å². The van der Waals surface area contributed by atoms with Crippen LogP contribution in [0, 0.1) is 0 Å². The zero-order valence-corrected chi connectivity index (χ0v) is 7.61. The molecule has 0 aromatic rings. The molecular formula is C4H11B2I. The molecule has 0 aliphatic rings. The third kappa shape index (κ3) is 3.44. The van der Waals surface area contributed by atoms with Crippen molar-refractivity contribution in [1.82, 2.24) is 0 Å². The van der Waals surface area contributed by atoms with Gasteiger partial charge in [-0.15, -0.1) is 0 Å². The molecule has 7 heavy (non-hydrogen) atoms. The molecule has 0 fully saturated rings. The zero-order valence-electron chi connectivity index (χ0n) is 5.46. The van der Waals surface area contributed by atoms with Gasteiger partial charge in [0.25, 0.3) is 0 Å². The van der Waals surface area contributed by atoms with Crippen molar-refractivity contribution < 1.29 is 0 Å². The standard InChI is InChI=1S/C4H11B2I/c1-4(2,5)6(3)7/h5H2,1-3H3. The normalized spacial score (nSPS) is 11.4. The van der Waals surface area contributed by atoms with E-state index in [-0.39, 0.29) is 0 Å². The van der Waals surface area contributed by atoms with Gasteiger partial charge in [-0.3, -0.25) is 0 Å². The molecule has 40 valence electrons. The smallest absolute Gasteiger partial charge is 0.150 e. The lowest BCUT2D eigenvalue weighted by Gasteiger charge is -2.17. The maximum absolute atomic E-state index is 2.45. The molecule has 0 amide bonds. The van der Waals surface area contributed by atoms with Gasteiger partial charge < -0.3 is 0 Å². The molecule has 0 N–H and O–H groups in total. The second kappa shape index (κ2) is 2.42. The van der Waals surface area contributed by atoms with Gasteiger partial charge in [0.05, 0.1) is 0 Å². The van der Waals surface area contributed by atoms with E-state index in [0.29, 0.717) is 5.21 Å². The molecule has 0 saturated carbocycles. The van der Waals surface area contributed by atoms with E-state index in [1.807, 2.05) is 0 Å². The predicted molar refractivity (Wildman–Crippen MR) is 48.2 cm³/mol. The van der Waals surface area contributed by atoms with E-state index in [4.69, 9.17) is 0 Å². The van der Waals surface area contributed by atoms with Crippen LogP contribution in [0.1, 0.15) is 13.8 Å². The topological polar surface area (TPSA) is 0 Å². The Balaban J connectivity index is 3.54. The van der Waals surface area contributed by atoms with Crippen molar-refractivity contribution >= 4 is 34.8 Å². The number of rotatable bonds is 1. The fourth-order valence-electron chi connectivity index (χ4n) is 0. The first-order valence-electron chi connectivity index (χ1n) is 2.58. The summed E-state index contributed by atoms with van der Waals surface area (Å²) in [6, 6.07) is 0. The highest BCUT2D eigenvalue weighted by atomic mass is 127. The van der Waals surface area contributed by atoms with Gasteiger partial charge >= 0.3 is 0 Å². The van der Waals surface area contributed by atoms with Gasteiger partial charge in [0.15, 0.2) is 0 Å². The highest BCUT2D eigenvalue weighted by molar-refractivity contribution is 14.1. The lowest BCUT2D eigenvalue weighted by molar-refractivity contribution is 0.954. The van der Waals surface area contributed by atoms with E-state index in [1.54, 1.807) is 0 Å². The second-order valence-corrected chi connectivity index (χ2v) is 4.85. The Hall–Kier alpha value is 0.860. The Bertz CT molecular complexity index is 55.2. The quantitative estimate of drug-likeness (QED) is 0.451. The summed E-state index contributed by atoms with van der Waals surface area (Å²) < 4.78 is 0.769. The summed E-state index contributed by atoms with van der Waals surface area (Å²) >= 11 is 2.45. The summed E-state index contributed by atoms with van der Waals surface area (Å²) in [6.45, 7) is 6.74. The van der Waals surface area contributed by atoms with E-state index < -0.39 is 0 Å². The van der Waals surface area contributed by atoms with Gasteiger partial charge in [-0.05, 0) is 0 Å².